The molecule has 0 spiro atoms. The van der Waals surface area contributed by atoms with Crippen LogP contribution < -0.4 is 5.32 Å². The van der Waals surface area contributed by atoms with E-state index in [1.54, 1.807) is 0 Å². The van der Waals surface area contributed by atoms with Gasteiger partial charge in [0.15, 0.2) is 0 Å². The van der Waals surface area contributed by atoms with Gasteiger partial charge in [-0.2, -0.15) is 0 Å². The first-order valence-corrected chi connectivity index (χ1v) is 5.63. The van der Waals surface area contributed by atoms with Crippen molar-refractivity contribution in [3.8, 4) is 0 Å². The zero-order valence-electron chi connectivity index (χ0n) is 9.12. The molecule has 14 heavy (non-hydrogen) atoms. The number of aliphatic hydroxyl groups excluding tert-OH is 1. The van der Waals surface area contributed by atoms with Gasteiger partial charge in [-0.3, -0.25) is 4.79 Å². The van der Waals surface area contributed by atoms with Gasteiger partial charge in [-0.15, -0.1) is 0 Å². The van der Waals surface area contributed by atoms with E-state index in [0.29, 0.717) is 0 Å². The van der Waals surface area contributed by atoms with Gasteiger partial charge in [0.1, 0.15) is 0 Å². The second kappa shape index (κ2) is 5.35. The fourth-order valence-corrected chi connectivity index (χ4v) is 1.79. The van der Waals surface area contributed by atoms with Crippen LogP contribution in [0.25, 0.3) is 0 Å². The van der Waals surface area contributed by atoms with Crippen LogP contribution in [0, 0.1) is 5.92 Å². The maximum atomic E-state index is 11.6. The molecular formula is C11H21NO2. The first-order chi connectivity index (χ1) is 6.65. The Hall–Kier alpha value is -0.570. The molecule has 2 N–H and O–H groups in total. The molecule has 1 amide bonds. The third kappa shape index (κ3) is 2.98. The maximum absolute atomic E-state index is 11.6. The molecule has 1 rings (SSSR count). The second-order valence-electron chi connectivity index (χ2n) is 4.28. The van der Waals surface area contributed by atoms with E-state index in [1.807, 2.05) is 13.8 Å². The summed E-state index contributed by atoms with van der Waals surface area (Å²) in [6.45, 7) is 3.92. The van der Waals surface area contributed by atoms with Crippen molar-refractivity contribution in [2.24, 2.45) is 5.92 Å². The monoisotopic (exact) mass is 199 g/mol. The van der Waals surface area contributed by atoms with E-state index in [-0.39, 0.29) is 24.0 Å². The molecule has 0 saturated heterocycles. The van der Waals surface area contributed by atoms with E-state index in [4.69, 9.17) is 0 Å². The molecule has 3 heteroatoms. The number of aliphatic hydroxyl groups is 1. The molecule has 0 aliphatic heterocycles. The van der Waals surface area contributed by atoms with E-state index >= 15 is 0 Å². The molecule has 1 saturated carbocycles. The van der Waals surface area contributed by atoms with E-state index in [0.717, 1.165) is 32.1 Å². The van der Waals surface area contributed by atoms with Crippen molar-refractivity contribution >= 4 is 5.91 Å². The minimum Gasteiger partial charge on any atom is -0.391 e. The van der Waals surface area contributed by atoms with Crippen molar-refractivity contribution in [1.82, 2.24) is 5.32 Å². The first-order valence-electron chi connectivity index (χ1n) is 5.63. The average Bonchev–Trinajstić information content (AvgIpc) is 2.20. The van der Waals surface area contributed by atoms with E-state index in [2.05, 4.69) is 5.32 Å². The van der Waals surface area contributed by atoms with Gasteiger partial charge in [-0.1, -0.05) is 26.7 Å². The SMILES string of the molecule is CCC(C)C(=O)N[C@H]1CCCC[C@@H]1O. The van der Waals surface area contributed by atoms with Gasteiger partial charge in [-0.25, -0.2) is 0 Å². The summed E-state index contributed by atoms with van der Waals surface area (Å²) >= 11 is 0. The van der Waals surface area contributed by atoms with Gasteiger partial charge < -0.3 is 10.4 Å². The molecule has 0 aromatic carbocycles. The normalized spacial score (nSPS) is 29.6. The molecule has 1 unspecified atom stereocenters. The van der Waals surface area contributed by atoms with E-state index in [9.17, 15) is 9.90 Å². The minimum absolute atomic E-state index is 0.00903. The van der Waals surface area contributed by atoms with Crippen molar-refractivity contribution in [3.63, 3.8) is 0 Å². The lowest BCUT2D eigenvalue weighted by Crippen LogP contribution is -2.46. The highest BCUT2D eigenvalue weighted by Crippen LogP contribution is 2.18. The zero-order valence-corrected chi connectivity index (χ0v) is 9.12. The van der Waals surface area contributed by atoms with Gasteiger partial charge in [0.25, 0.3) is 0 Å². The summed E-state index contributed by atoms with van der Waals surface area (Å²) in [5, 5.41) is 12.6. The summed E-state index contributed by atoms with van der Waals surface area (Å²) in [6.07, 6.45) is 4.46. The molecule has 1 aliphatic rings. The van der Waals surface area contributed by atoms with Crippen LogP contribution in [0.4, 0.5) is 0 Å². The van der Waals surface area contributed by atoms with Gasteiger partial charge in [-0.05, 0) is 19.3 Å². The molecule has 0 aromatic heterocycles. The Labute approximate surface area is 85.9 Å². The topological polar surface area (TPSA) is 49.3 Å². The molecule has 3 nitrogen and oxygen atoms in total. The third-order valence-corrected chi connectivity index (χ3v) is 3.12. The molecule has 1 aliphatic carbocycles. The molecule has 0 heterocycles. The van der Waals surface area contributed by atoms with Crippen molar-refractivity contribution in [3.05, 3.63) is 0 Å². The standard InChI is InChI=1S/C11H21NO2/c1-3-8(2)11(14)12-9-6-4-5-7-10(9)13/h8-10,13H,3-7H2,1-2H3,(H,12,14)/t8?,9-,10-/m0/s1. The van der Waals surface area contributed by atoms with Crippen LogP contribution in [0.2, 0.25) is 0 Å². The fraction of sp³-hybridized carbons (Fsp3) is 0.909. The maximum Gasteiger partial charge on any atom is 0.223 e. The first kappa shape index (κ1) is 11.5. The van der Waals surface area contributed by atoms with Crippen LogP contribution in [-0.2, 0) is 4.79 Å². The summed E-state index contributed by atoms with van der Waals surface area (Å²) < 4.78 is 0. The Morgan fingerprint density at radius 2 is 2.14 bits per heavy atom. The summed E-state index contributed by atoms with van der Waals surface area (Å²) in [4.78, 5) is 11.6. The number of rotatable bonds is 3. The summed E-state index contributed by atoms with van der Waals surface area (Å²) in [5.74, 6) is 0.141. The lowest BCUT2D eigenvalue weighted by Gasteiger charge is -2.29. The fourth-order valence-electron chi connectivity index (χ4n) is 1.79. The van der Waals surface area contributed by atoms with Crippen molar-refractivity contribution < 1.29 is 9.90 Å². The molecule has 0 bridgehead atoms. The van der Waals surface area contributed by atoms with Gasteiger partial charge in [0.05, 0.1) is 12.1 Å². The van der Waals surface area contributed by atoms with Crippen LogP contribution in [-0.4, -0.2) is 23.2 Å². The van der Waals surface area contributed by atoms with Crippen LogP contribution in [0.5, 0.6) is 0 Å². The Balaban J connectivity index is 2.38. The van der Waals surface area contributed by atoms with E-state index in [1.165, 1.54) is 0 Å². The van der Waals surface area contributed by atoms with Crippen LogP contribution in [0.3, 0.4) is 0 Å². The van der Waals surface area contributed by atoms with Gasteiger partial charge in [0.2, 0.25) is 5.91 Å². The van der Waals surface area contributed by atoms with Crippen molar-refractivity contribution in [2.75, 3.05) is 0 Å². The number of amides is 1. The summed E-state index contributed by atoms with van der Waals surface area (Å²) in [7, 11) is 0. The third-order valence-electron chi connectivity index (χ3n) is 3.12. The van der Waals surface area contributed by atoms with Crippen LogP contribution in [0.15, 0.2) is 0 Å². The van der Waals surface area contributed by atoms with Crippen molar-refractivity contribution in [2.45, 2.75) is 58.1 Å². The number of carbonyl (C=O) groups excluding carboxylic acids is 1. The molecule has 82 valence electrons. The number of carbonyl (C=O) groups is 1. The highest BCUT2D eigenvalue weighted by atomic mass is 16.3. The molecule has 3 atom stereocenters. The second-order valence-corrected chi connectivity index (χ2v) is 4.28. The Morgan fingerprint density at radius 1 is 1.50 bits per heavy atom. The summed E-state index contributed by atoms with van der Waals surface area (Å²) in [6, 6.07) is -0.00903. The predicted molar refractivity (Wildman–Crippen MR) is 55.9 cm³/mol. The highest BCUT2D eigenvalue weighted by molar-refractivity contribution is 5.78. The van der Waals surface area contributed by atoms with Gasteiger partial charge in [0, 0.05) is 5.92 Å². The summed E-state index contributed by atoms with van der Waals surface area (Å²) in [5.41, 5.74) is 0. The predicted octanol–water partition coefficient (Wildman–Crippen LogP) is 1.45. The number of hydrogen-bond acceptors (Lipinski definition) is 2. The minimum atomic E-state index is -0.336. The largest absolute Gasteiger partial charge is 0.391 e. The number of hydrogen-bond donors (Lipinski definition) is 2. The quantitative estimate of drug-likeness (QED) is 0.723. The lowest BCUT2D eigenvalue weighted by molar-refractivity contribution is -0.126. The molecular weight excluding hydrogens is 178 g/mol. The van der Waals surface area contributed by atoms with E-state index < -0.39 is 0 Å². The number of nitrogens with one attached hydrogen (secondary N) is 1. The molecule has 1 fully saturated rings. The average molecular weight is 199 g/mol. The molecule has 0 aromatic rings. The lowest BCUT2D eigenvalue weighted by atomic mass is 9.92. The van der Waals surface area contributed by atoms with Gasteiger partial charge >= 0.3 is 0 Å². The Morgan fingerprint density at radius 3 is 2.71 bits per heavy atom. The Kier molecular flexibility index (Phi) is 4.39. The smallest absolute Gasteiger partial charge is 0.223 e. The van der Waals surface area contributed by atoms with Crippen LogP contribution in [0.1, 0.15) is 46.0 Å². The van der Waals surface area contributed by atoms with Crippen molar-refractivity contribution in [1.29, 1.82) is 0 Å². The molecule has 0 radical (unpaired) electrons. The van der Waals surface area contributed by atoms with Crippen LogP contribution >= 0.6 is 0 Å². The zero-order chi connectivity index (χ0) is 10.6. The highest BCUT2D eigenvalue weighted by Gasteiger charge is 2.25. The Bertz CT molecular complexity index is 194.